The molecule has 0 unspecified atom stereocenters. The number of alkyl halides is 17. The van der Waals surface area contributed by atoms with E-state index in [2.05, 4.69) is 0 Å². The Morgan fingerprint density at radius 2 is 0.621 bits per heavy atom. The van der Waals surface area contributed by atoms with Crippen molar-refractivity contribution in [2.45, 2.75) is 41.6 Å². The minimum Gasteiger partial charge on any atom is -0.743 e. The Kier molecular flexibility index (Phi) is 6.08. The fourth-order valence-electron chi connectivity index (χ4n) is 1.97. The van der Waals surface area contributed by atoms with Gasteiger partial charge in [0.1, 0.15) is 0 Å². The predicted molar refractivity (Wildman–Crippen MR) is 50.1 cm³/mol. The molecular weight excluding hydrogens is 499 g/mol. The molecule has 0 spiro atoms. The van der Waals surface area contributed by atoms with Crippen LogP contribution in [0.3, 0.4) is 0 Å². The molecule has 3 nitrogen and oxygen atoms in total. The minimum atomic E-state index is -9.59. The van der Waals surface area contributed by atoms with Crippen LogP contribution in [0.2, 0.25) is 0 Å². The summed E-state index contributed by atoms with van der Waals surface area (Å²) >= 11 is 0. The van der Waals surface area contributed by atoms with Crippen LogP contribution in [0.4, 0.5) is 74.6 Å². The van der Waals surface area contributed by atoms with Crippen LogP contribution in [-0.4, -0.2) is 54.5 Å². The van der Waals surface area contributed by atoms with E-state index in [1.54, 1.807) is 0 Å². The van der Waals surface area contributed by atoms with Crippen molar-refractivity contribution in [3.8, 4) is 0 Å². The molecule has 0 bridgehead atoms. The largest absolute Gasteiger partial charge is 0.743 e. The first-order valence-corrected chi connectivity index (χ1v) is 7.08. The Balaban J connectivity index is 8.39. The third-order valence-corrected chi connectivity index (χ3v) is 4.17. The average Bonchev–Trinajstić information content (AvgIpc) is 2.31. The summed E-state index contributed by atoms with van der Waals surface area (Å²) in [4.78, 5) is 0. The highest BCUT2D eigenvalue weighted by molar-refractivity contribution is 7.86. The normalized spacial score (nSPS) is 16.9. The lowest BCUT2D eigenvalue weighted by Gasteiger charge is -2.52. The van der Waals surface area contributed by atoms with Gasteiger partial charge < -0.3 is 4.55 Å². The Labute approximate surface area is 146 Å². The van der Waals surface area contributed by atoms with Gasteiger partial charge in [-0.1, -0.05) is 0 Å². The van der Waals surface area contributed by atoms with Gasteiger partial charge in [0.2, 0.25) is 0 Å². The van der Waals surface area contributed by atoms with Gasteiger partial charge >= 0.3 is 41.6 Å². The van der Waals surface area contributed by atoms with Gasteiger partial charge in [-0.25, -0.2) is 8.42 Å². The van der Waals surface area contributed by atoms with Crippen LogP contribution in [0.5, 0.6) is 0 Å². The van der Waals surface area contributed by atoms with Gasteiger partial charge in [-0.2, -0.15) is 74.6 Å². The summed E-state index contributed by atoms with van der Waals surface area (Å²) in [6.07, 6.45) is -25.6. The Hall–Kier alpha value is -1.28. The van der Waals surface area contributed by atoms with Crippen LogP contribution in [0.15, 0.2) is 0 Å². The lowest BCUT2D eigenvalue weighted by Crippen LogP contribution is -2.81. The van der Waals surface area contributed by atoms with Gasteiger partial charge in [0, 0.05) is 0 Å². The van der Waals surface area contributed by atoms with Gasteiger partial charge in [0.25, 0.3) is 5.41 Å². The molecule has 0 aliphatic carbocycles. The van der Waals surface area contributed by atoms with Crippen molar-refractivity contribution in [2.75, 3.05) is 0 Å². The molecule has 0 rings (SSSR count). The van der Waals surface area contributed by atoms with Gasteiger partial charge in [-0.15, -0.1) is 0 Å². The molecule has 21 heteroatoms. The first kappa shape index (κ1) is 27.7. The first-order chi connectivity index (χ1) is 12.0. The van der Waals surface area contributed by atoms with Crippen LogP contribution >= 0.6 is 0 Å². The fourth-order valence-corrected chi connectivity index (χ4v) is 2.72. The number of hydrogen-bond acceptors (Lipinski definition) is 3. The second-order valence-electron chi connectivity index (χ2n) is 4.94. The molecule has 0 saturated heterocycles. The minimum absolute atomic E-state index is 8.52. The van der Waals surface area contributed by atoms with Crippen molar-refractivity contribution >= 4 is 10.1 Å². The molecule has 29 heavy (non-hydrogen) atoms. The van der Waals surface area contributed by atoms with Crippen LogP contribution in [-0.2, 0) is 10.1 Å². The third-order valence-electron chi connectivity index (χ3n) is 3.23. The van der Waals surface area contributed by atoms with Crippen molar-refractivity contribution < 1.29 is 87.6 Å². The molecule has 0 saturated carbocycles. The maximum Gasteiger partial charge on any atom is 0.454 e. The zero-order valence-corrected chi connectivity index (χ0v) is 12.9. The Morgan fingerprint density at radius 3 is 0.724 bits per heavy atom. The molecule has 0 aromatic heterocycles. The maximum atomic E-state index is 13.5. The van der Waals surface area contributed by atoms with Crippen molar-refractivity contribution in [2.24, 2.45) is 5.41 Å². The van der Waals surface area contributed by atoms with E-state index in [1.165, 1.54) is 0 Å². The van der Waals surface area contributed by atoms with E-state index in [0.29, 0.717) is 0 Å². The van der Waals surface area contributed by atoms with Crippen molar-refractivity contribution in [3.05, 3.63) is 0 Å². The summed E-state index contributed by atoms with van der Waals surface area (Å²) in [7, 11) is -8.91. The second kappa shape index (κ2) is 6.36. The molecule has 0 N–H and O–H groups in total. The summed E-state index contributed by atoms with van der Waals surface area (Å²) in [6, 6.07) is 0. The molecule has 176 valence electrons. The Morgan fingerprint density at radius 1 is 0.448 bits per heavy atom. The SMILES string of the molecule is O=S(=O)([O-])C(F)(F)C(C(F)(F)C(F)(F)F)(C(F)(F)C(F)(F)F)C(F)(F)C(F)(F)F. The third kappa shape index (κ3) is 3.26. The van der Waals surface area contributed by atoms with Crippen LogP contribution in [0, 0.1) is 5.41 Å². The van der Waals surface area contributed by atoms with Crippen molar-refractivity contribution in [1.82, 2.24) is 0 Å². The topological polar surface area (TPSA) is 57.2 Å². The summed E-state index contributed by atoms with van der Waals surface area (Å²) in [5.74, 6) is -27.6. The van der Waals surface area contributed by atoms with E-state index >= 15 is 0 Å². The Bertz CT molecular complexity index is 659. The summed E-state index contributed by atoms with van der Waals surface area (Å²) in [5, 5.41) is -8.92. The molecule has 0 heterocycles. The van der Waals surface area contributed by atoms with E-state index in [1.807, 2.05) is 0 Å². The van der Waals surface area contributed by atoms with Crippen LogP contribution in [0.25, 0.3) is 0 Å². The molecule has 0 aromatic rings. The molecule has 0 aliphatic heterocycles. The molecule has 0 aliphatic rings. The molecule has 0 aromatic carbocycles. The molecule has 0 atom stereocenters. The van der Waals surface area contributed by atoms with E-state index in [-0.39, 0.29) is 0 Å². The van der Waals surface area contributed by atoms with Gasteiger partial charge in [-0.3, -0.25) is 0 Å². The quantitative estimate of drug-likeness (QED) is 0.407. The predicted octanol–water partition coefficient (Wildman–Crippen LogP) is 4.70. The zero-order chi connectivity index (χ0) is 24.5. The lowest BCUT2D eigenvalue weighted by molar-refractivity contribution is -0.499. The molecular formula is C8F17O3S-. The standard InChI is InChI=1S/C8HF17O3S/c9-2(10,5(15,16)17)1(3(11,12)6(18,19)20,4(13,14)7(21,22)23)8(24,25)29(26,27)28/h(H,26,27,28)/p-1. The maximum absolute atomic E-state index is 13.5. The van der Waals surface area contributed by atoms with Gasteiger partial charge in [0.15, 0.2) is 10.1 Å². The van der Waals surface area contributed by atoms with Crippen LogP contribution in [0.1, 0.15) is 0 Å². The summed E-state index contributed by atoms with van der Waals surface area (Å²) in [6.45, 7) is 0. The van der Waals surface area contributed by atoms with E-state index in [9.17, 15) is 87.6 Å². The first-order valence-electron chi connectivity index (χ1n) is 5.67. The molecule has 0 radical (unpaired) electrons. The number of halogens is 17. The van der Waals surface area contributed by atoms with Crippen LogP contribution < -0.4 is 0 Å². The lowest BCUT2D eigenvalue weighted by atomic mass is 9.68. The fraction of sp³-hybridized carbons (Fsp3) is 1.00. The highest BCUT2D eigenvalue weighted by Gasteiger charge is 3.03. The summed E-state index contributed by atoms with van der Waals surface area (Å²) < 4.78 is 248. The highest BCUT2D eigenvalue weighted by Crippen LogP contribution is 2.74. The van der Waals surface area contributed by atoms with E-state index in [4.69, 9.17) is 0 Å². The zero-order valence-electron chi connectivity index (χ0n) is 12.1. The molecule has 0 fully saturated rings. The van der Waals surface area contributed by atoms with E-state index < -0.39 is 57.1 Å². The smallest absolute Gasteiger partial charge is 0.454 e. The van der Waals surface area contributed by atoms with E-state index in [0.717, 1.165) is 0 Å². The molecule has 0 amide bonds. The van der Waals surface area contributed by atoms with Crippen molar-refractivity contribution in [1.29, 1.82) is 0 Å². The van der Waals surface area contributed by atoms with Gasteiger partial charge in [-0.05, 0) is 0 Å². The summed E-state index contributed by atoms with van der Waals surface area (Å²) in [5.41, 5.74) is -9.59. The second-order valence-corrected chi connectivity index (χ2v) is 6.36. The highest BCUT2D eigenvalue weighted by atomic mass is 32.2. The van der Waals surface area contributed by atoms with Gasteiger partial charge in [0.05, 0.1) is 0 Å². The monoisotopic (exact) mass is 499 g/mol. The average molecular weight is 499 g/mol. The van der Waals surface area contributed by atoms with Crippen molar-refractivity contribution in [3.63, 3.8) is 0 Å². The number of hydrogen-bond donors (Lipinski definition) is 0. The number of rotatable bonds is 5.